The Morgan fingerprint density at radius 3 is 3.00 bits per heavy atom. The van der Waals surface area contributed by atoms with E-state index in [1.54, 1.807) is 23.5 Å². The summed E-state index contributed by atoms with van der Waals surface area (Å²) in [6, 6.07) is 7.71. The van der Waals surface area contributed by atoms with Crippen LogP contribution >= 0.6 is 22.9 Å². The van der Waals surface area contributed by atoms with Gasteiger partial charge in [-0.05, 0) is 36.4 Å². The van der Waals surface area contributed by atoms with Gasteiger partial charge in [-0.1, -0.05) is 17.7 Å². The molecular weight excluding hydrogens is 334 g/mol. The second-order valence-electron chi connectivity index (χ2n) is 5.65. The van der Waals surface area contributed by atoms with Gasteiger partial charge in [-0.25, -0.2) is 0 Å². The van der Waals surface area contributed by atoms with E-state index in [9.17, 15) is 4.79 Å². The molecule has 1 amide bonds. The monoisotopic (exact) mass is 349 g/mol. The minimum absolute atomic E-state index is 0.000210. The third-order valence-corrected chi connectivity index (χ3v) is 5.48. The fraction of sp³-hybridized carbons (Fsp3) is 0.353. The Bertz CT molecular complexity index is 732. The molecule has 1 aromatic carbocycles. The van der Waals surface area contributed by atoms with Crippen molar-refractivity contribution in [1.82, 2.24) is 4.90 Å². The van der Waals surface area contributed by atoms with Gasteiger partial charge in [-0.15, -0.1) is 11.3 Å². The number of nitrogens with zero attached hydrogens (tertiary/aromatic N) is 1. The standard InChI is InChI=1S/C17H16ClNO3S/c18-12-9-11(10-14-16(12)22-7-6-21-14)17(20)19-5-1-3-13(19)15-4-2-8-23-15/h2,4,8-10,13H,1,3,5-7H2/t13-/m0/s1. The number of thiophene rings is 1. The predicted octanol–water partition coefficient (Wildman–Crippen LogP) is 4.15. The van der Waals surface area contributed by atoms with Crippen LogP contribution in [0.2, 0.25) is 5.02 Å². The number of halogens is 1. The molecule has 0 unspecified atom stereocenters. The molecule has 0 spiro atoms. The number of hydrogen-bond acceptors (Lipinski definition) is 4. The first-order valence-electron chi connectivity index (χ1n) is 7.67. The number of likely N-dealkylation sites (tertiary alicyclic amines) is 1. The molecule has 4 nitrogen and oxygen atoms in total. The van der Waals surface area contributed by atoms with Gasteiger partial charge in [0.05, 0.1) is 11.1 Å². The third kappa shape index (κ3) is 2.68. The van der Waals surface area contributed by atoms with E-state index < -0.39 is 0 Å². The van der Waals surface area contributed by atoms with Gasteiger partial charge in [-0.2, -0.15) is 0 Å². The Hall–Kier alpha value is -1.72. The average molecular weight is 350 g/mol. The second kappa shape index (κ2) is 6.06. The van der Waals surface area contributed by atoms with Gasteiger partial charge in [0.1, 0.15) is 13.2 Å². The molecule has 23 heavy (non-hydrogen) atoms. The number of rotatable bonds is 2. The first-order valence-corrected chi connectivity index (χ1v) is 8.93. The van der Waals surface area contributed by atoms with Crippen LogP contribution < -0.4 is 9.47 Å². The molecule has 0 N–H and O–H groups in total. The molecule has 0 aliphatic carbocycles. The Morgan fingerprint density at radius 2 is 2.17 bits per heavy atom. The zero-order valence-electron chi connectivity index (χ0n) is 12.5. The number of carbonyl (C=O) groups is 1. The van der Waals surface area contributed by atoms with Crippen molar-refractivity contribution in [2.24, 2.45) is 0 Å². The number of benzene rings is 1. The maximum Gasteiger partial charge on any atom is 0.254 e. The van der Waals surface area contributed by atoms with E-state index in [1.165, 1.54) is 4.88 Å². The molecule has 0 saturated carbocycles. The summed E-state index contributed by atoms with van der Waals surface area (Å²) >= 11 is 7.96. The van der Waals surface area contributed by atoms with Gasteiger partial charge in [0, 0.05) is 17.0 Å². The van der Waals surface area contributed by atoms with Gasteiger partial charge in [0.15, 0.2) is 11.5 Å². The molecule has 2 aliphatic heterocycles. The van der Waals surface area contributed by atoms with Crippen LogP contribution in [0.25, 0.3) is 0 Å². The molecule has 2 aliphatic rings. The number of fused-ring (bicyclic) bond motifs is 1. The molecule has 0 bridgehead atoms. The van der Waals surface area contributed by atoms with Crippen molar-refractivity contribution in [3.63, 3.8) is 0 Å². The summed E-state index contributed by atoms with van der Waals surface area (Å²) < 4.78 is 11.1. The zero-order chi connectivity index (χ0) is 15.8. The first kappa shape index (κ1) is 14.8. The molecule has 4 rings (SSSR count). The van der Waals surface area contributed by atoms with E-state index in [0.717, 1.165) is 19.4 Å². The van der Waals surface area contributed by atoms with Crippen LogP contribution in [-0.4, -0.2) is 30.6 Å². The Kier molecular flexibility index (Phi) is 3.91. The van der Waals surface area contributed by atoms with E-state index in [-0.39, 0.29) is 11.9 Å². The molecule has 1 aromatic heterocycles. The fourth-order valence-corrected chi connectivity index (χ4v) is 4.33. The summed E-state index contributed by atoms with van der Waals surface area (Å²) in [6.07, 6.45) is 2.02. The highest BCUT2D eigenvalue weighted by atomic mass is 35.5. The van der Waals surface area contributed by atoms with Crippen LogP contribution in [0.5, 0.6) is 11.5 Å². The molecule has 2 aromatic rings. The molecular formula is C17H16ClNO3S. The highest BCUT2D eigenvalue weighted by molar-refractivity contribution is 7.10. The van der Waals surface area contributed by atoms with Gasteiger partial charge in [0.2, 0.25) is 0 Å². The molecule has 0 radical (unpaired) electrons. The Morgan fingerprint density at radius 1 is 1.30 bits per heavy atom. The minimum Gasteiger partial charge on any atom is -0.486 e. The van der Waals surface area contributed by atoms with E-state index in [2.05, 4.69) is 11.4 Å². The van der Waals surface area contributed by atoms with Crippen molar-refractivity contribution in [2.45, 2.75) is 18.9 Å². The van der Waals surface area contributed by atoms with Gasteiger partial charge in [0.25, 0.3) is 5.91 Å². The molecule has 120 valence electrons. The second-order valence-corrected chi connectivity index (χ2v) is 7.04. The maximum absolute atomic E-state index is 13.0. The maximum atomic E-state index is 13.0. The SMILES string of the molecule is O=C(c1cc(Cl)c2c(c1)OCCO2)N1CCC[C@H]1c1cccs1. The summed E-state index contributed by atoms with van der Waals surface area (Å²) in [4.78, 5) is 16.1. The minimum atomic E-state index is -0.000210. The molecule has 1 atom stereocenters. The summed E-state index contributed by atoms with van der Waals surface area (Å²) in [5, 5.41) is 2.48. The van der Waals surface area contributed by atoms with Crippen molar-refractivity contribution in [3.05, 3.63) is 45.1 Å². The number of ether oxygens (including phenoxy) is 2. The van der Waals surface area contributed by atoms with Crippen molar-refractivity contribution in [3.8, 4) is 11.5 Å². The smallest absolute Gasteiger partial charge is 0.254 e. The van der Waals surface area contributed by atoms with Crippen LogP contribution in [0.4, 0.5) is 0 Å². The van der Waals surface area contributed by atoms with E-state index in [0.29, 0.717) is 35.3 Å². The molecule has 1 fully saturated rings. The van der Waals surface area contributed by atoms with Crippen molar-refractivity contribution in [1.29, 1.82) is 0 Å². The van der Waals surface area contributed by atoms with Gasteiger partial charge < -0.3 is 14.4 Å². The topological polar surface area (TPSA) is 38.8 Å². The van der Waals surface area contributed by atoms with Crippen LogP contribution in [0, 0.1) is 0 Å². The van der Waals surface area contributed by atoms with Gasteiger partial charge >= 0.3 is 0 Å². The lowest BCUT2D eigenvalue weighted by atomic mass is 10.1. The average Bonchev–Trinajstić information content (AvgIpc) is 3.25. The third-order valence-electron chi connectivity index (χ3n) is 4.23. The van der Waals surface area contributed by atoms with E-state index >= 15 is 0 Å². The van der Waals surface area contributed by atoms with E-state index in [1.807, 2.05) is 11.0 Å². The lowest BCUT2D eigenvalue weighted by Gasteiger charge is -2.25. The zero-order valence-corrected chi connectivity index (χ0v) is 14.0. The Balaban J connectivity index is 1.65. The lowest BCUT2D eigenvalue weighted by molar-refractivity contribution is 0.0736. The van der Waals surface area contributed by atoms with E-state index in [4.69, 9.17) is 21.1 Å². The van der Waals surface area contributed by atoms with Gasteiger partial charge in [-0.3, -0.25) is 4.79 Å². The summed E-state index contributed by atoms with van der Waals surface area (Å²) in [5.41, 5.74) is 0.558. The molecule has 3 heterocycles. The molecule has 1 saturated heterocycles. The van der Waals surface area contributed by atoms with Crippen LogP contribution in [0.15, 0.2) is 29.6 Å². The van der Waals surface area contributed by atoms with Crippen LogP contribution in [0.3, 0.4) is 0 Å². The Labute approximate surface area is 143 Å². The fourth-order valence-electron chi connectivity index (χ4n) is 3.19. The normalized spacial score (nSPS) is 19.9. The first-order chi connectivity index (χ1) is 11.2. The number of hydrogen-bond donors (Lipinski definition) is 0. The molecule has 6 heteroatoms. The highest BCUT2D eigenvalue weighted by Gasteiger charge is 2.32. The van der Waals surface area contributed by atoms with Crippen LogP contribution in [0.1, 0.15) is 34.1 Å². The summed E-state index contributed by atoms with van der Waals surface area (Å²) in [7, 11) is 0. The lowest BCUT2D eigenvalue weighted by Crippen LogP contribution is -2.30. The number of carbonyl (C=O) groups excluding carboxylic acids is 1. The predicted molar refractivity (Wildman–Crippen MR) is 89.8 cm³/mol. The van der Waals surface area contributed by atoms with Crippen molar-refractivity contribution < 1.29 is 14.3 Å². The largest absolute Gasteiger partial charge is 0.486 e. The summed E-state index contributed by atoms with van der Waals surface area (Å²) in [5.74, 6) is 1.09. The number of amides is 1. The van der Waals surface area contributed by atoms with Crippen molar-refractivity contribution in [2.75, 3.05) is 19.8 Å². The highest BCUT2D eigenvalue weighted by Crippen LogP contribution is 2.40. The van der Waals surface area contributed by atoms with Crippen LogP contribution in [-0.2, 0) is 0 Å². The summed E-state index contributed by atoms with van der Waals surface area (Å²) in [6.45, 7) is 1.72. The van der Waals surface area contributed by atoms with Crippen molar-refractivity contribution >= 4 is 28.8 Å². The quantitative estimate of drug-likeness (QED) is 0.817.